The van der Waals surface area contributed by atoms with Crippen molar-refractivity contribution in [2.45, 2.75) is 38.6 Å². The molecule has 12 nitrogen and oxygen atoms in total. The number of carbonyl (C=O) groups excluding carboxylic acids is 2. The van der Waals surface area contributed by atoms with E-state index in [2.05, 4.69) is 4.99 Å². The molecule has 0 spiro atoms. The number of carboxylic acid groups (broad SMARTS) is 3. The number of esters is 1. The number of aliphatic carboxylic acids is 3. The van der Waals surface area contributed by atoms with Gasteiger partial charge in [0.05, 0.1) is 29.7 Å². The number of rotatable bonds is 11. The molecule has 0 radical (unpaired) electrons. The van der Waals surface area contributed by atoms with Gasteiger partial charge in [-0.15, -0.1) is 0 Å². The molecular formula is C21H22ClNO11. The second kappa shape index (κ2) is 12.1. The maximum Gasteiger partial charge on any atom is 0.303 e. The molecule has 0 bridgehead atoms. The predicted octanol–water partition coefficient (Wildman–Crippen LogP) is 2.25. The topological polar surface area (TPSA) is 186 Å². The number of isocyanates is 1. The van der Waals surface area contributed by atoms with E-state index in [4.69, 9.17) is 25.8 Å². The lowest BCUT2D eigenvalue weighted by atomic mass is 9.71. The molecule has 1 aliphatic rings. The van der Waals surface area contributed by atoms with Gasteiger partial charge >= 0.3 is 23.9 Å². The molecule has 1 aliphatic heterocycles. The van der Waals surface area contributed by atoms with Gasteiger partial charge in [0.15, 0.2) is 0 Å². The highest BCUT2D eigenvalue weighted by atomic mass is 35.5. The van der Waals surface area contributed by atoms with Crippen LogP contribution in [0.4, 0.5) is 5.69 Å². The maximum atomic E-state index is 11.6. The third-order valence-electron chi connectivity index (χ3n) is 5.25. The Morgan fingerprint density at radius 2 is 1.62 bits per heavy atom. The highest BCUT2D eigenvalue weighted by molar-refractivity contribution is 6.32. The smallest absolute Gasteiger partial charge is 0.303 e. The van der Waals surface area contributed by atoms with Crippen molar-refractivity contribution in [2.75, 3.05) is 6.61 Å². The summed E-state index contributed by atoms with van der Waals surface area (Å²) in [5, 5.41) is 28.3. The van der Waals surface area contributed by atoms with Crippen LogP contribution < -0.4 is 4.74 Å². The van der Waals surface area contributed by atoms with Crippen molar-refractivity contribution in [1.29, 1.82) is 0 Å². The van der Waals surface area contributed by atoms with Crippen LogP contribution >= 0.6 is 11.6 Å². The van der Waals surface area contributed by atoms with Crippen LogP contribution in [-0.4, -0.2) is 64.3 Å². The number of aliphatic imine (C=N–C) groups is 1. The Labute approximate surface area is 198 Å². The van der Waals surface area contributed by atoms with Gasteiger partial charge in [-0.05, 0) is 18.1 Å². The third kappa shape index (κ3) is 7.55. The van der Waals surface area contributed by atoms with Gasteiger partial charge in [-0.1, -0.05) is 11.6 Å². The Bertz CT molecular complexity index is 991. The van der Waals surface area contributed by atoms with E-state index in [1.165, 1.54) is 24.3 Å². The zero-order valence-electron chi connectivity index (χ0n) is 17.9. The van der Waals surface area contributed by atoms with Crippen LogP contribution in [0, 0.1) is 17.8 Å². The van der Waals surface area contributed by atoms with Crippen LogP contribution in [0.5, 0.6) is 5.75 Å². The molecule has 5 atom stereocenters. The number of benzene rings is 1. The van der Waals surface area contributed by atoms with Crippen LogP contribution in [0.2, 0.25) is 5.02 Å². The van der Waals surface area contributed by atoms with E-state index in [9.17, 15) is 39.3 Å². The average molecular weight is 500 g/mol. The lowest BCUT2D eigenvalue weighted by molar-refractivity contribution is -0.237. The fourth-order valence-corrected chi connectivity index (χ4v) is 4.08. The van der Waals surface area contributed by atoms with Gasteiger partial charge < -0.3 is 29.5 Å². The quantitative estimate of drug-likeness (QED) is 0.230. The van der Waals surface area contributed by atoms with Crippen molar-refractivity contribution in [1.82, 2.24) is 0 Å². The van der Waals surface area contributed by atoms with Crippen molar-refractivity contribution in [2.24, 2.45) is 22.7 Å². The Hall–Kier alpha value is -3.47. The van der Waals surface area contributed by atoms with E-state index in [1.54, 1.807) is 0 Å². The first kappa shape index (κ1) is 26.8. The van der Waals surface area contributed by atoms with E-state index in [0.29, 0.717) is 0 Å². The molecular weight excluding hydrogens is 478 g/mol. The van der Waals surface area contributed by atoms with E-state index < -0.39 is 79.9 Å². The molecule has 34 heavy (non-hydrogen) atoms. The standard InChI is InChI=1S/C21H22ClNO11/c1-10(25)32-8-17-13(6-19(28)29)12(5-18(26)27)14(7-20(30)31)21(34-17)33-16-4-11(23-9-24)2-3-15(16)22/h2-4,12-14,17,21H,5-8H2,1H3,(H,26,27)(H,28,29)(H,30,31)/t12-,13-,14+,17-,21+/m0/s1. The highest BCUT2D eigenvalue weighted by Crippen LogP contribution is 2.43. The summed E-state index contributed by atoms with van der Waals surface area (Å²) in [5.74, 6) is -7.72. The second-order valence-corrected chi connectivity index (χ2v) is 7.97. The van der Waals surface area contributed by atoms with Gasteiger partial charge in [-0.3, -0.25) is 19.2 Å². The van der Waals surface area contributed by atoms with Crippen molar-refractivity contribution >= 4 is 47.2 Å². The monoisotopic (exact) mass is 499 g/mol. The third-order valence-corrected chi connectivity index (χ3v) is 5.56. The van der Waals surface area contributed by atoms with Gasteiger partial charge in [0.1, 0.15) is 12.4 Å². The highest BCUT2D eigenvalue weighted by Gasteiger charge is 2.49. The number of hydrogen-bond acceptors (Lipinski definition) is 9. The molecule has 1 aromatic rings. The molecule has 1 saturated heterocycles. The summed E-state index contributed by atoms with van der Waals surface area (Å²) >= 11 is 6.15. The zero-order valence-corrected chi connectivity index (χ0v) is 18.6. The molecule has 1 fully saturated rings. The zero-order chi connectivity index (χ0) is 25.4. The Morgan fingerprint density at radius 3 is 2.18 bits per heavy atom. The average Bonchev–Trinajstić information content (AvgIpc) is 2.72. The van der Waals surface area contributed by atoms with Gasteiger partial charge in [0, 0.05) is 31.2 Å². The van der Waals surface area contributed by atoms with Crippen molar-refractivity contribution in [3.8, 4) is 5.75 Å². The van der Waals surface area contributed by atoms with Gasteiger partial charge in [-0.25, -0.2) is 4.79 Å². The van der Waals surface area contributed by atoms with Crippen LogP contribution in [0.1, 0.15) is 26.2 Å². The van der Waals surface area contributed by atoms with Gasteiger partial charge in [0.2, 0.25) is 12.4 Å². The molecule has 1 heterocycles. The fourth-order valence-electron chi connectivity index (χ4n) is 3.91. The van der Waals surface area contributed by atoms with E-state index >= 15 is 0 Å². The van der Waals surface area contributed by atoms with Crippen LogP contribution in [0.25, 0.3) is 0 Å². The normalized spacial score (nSPS) is 23.9. The lowest BCUT2D eigenvalue weighted by Gasteiger charge is -2.45. The van der Waals surface area contributed by atoms with Crippen LogP contribution in [0.3, 0.4) is 0 Å². The number of nitrogens with zero attached hydrogens (tertiary/aromatic N) is 1. The molecule has 184 valence electrons. The second-order valence-electron chi connectivity index (χ2n) is 7.57. The minimum absolute atomic E-state index is 0.0458. The molecule has 13 heteroatoms. The van der Waals surface area contributed by atoms with E-state index in [0.717, 1.165) is 6.92 Å². The SMILES string of the molecule is CC(=O)OC[C@@H]1O[C@@H](Oc2cc(N=C=O)ccc2Cl)[C@H](CC(=O)O)[C@@H](CC(=O)O)[C@@H]1CC(=O)O. The molecule has 0 aromatic heterocycles. The number of carbonyl (C=O) groups is 4. The summed E-state index contributed by atoms with van der Waals surface area (Å²) in [7, 11) is 0. The Kier molecular flexibility index (Phi) is 9.55. The molecule has 0 unspecified atom stereocenters. The molecule has 0 saturated carbocycles. The van der Waals surface area contributed by atoms with Crippen molar-refractivity contribution in [3.05, 3.63) is 23.2 Å². The Morgan fingerprint density at radius 1 is 1.03 bits per heavy atom. The number of hydrogen-bond donors (Lipinski definition) is 3. The number of carboxylic acids is 3. The largest absolute Gasteiger partial charge is 0.481 e. The molecule has 3 N–H and O–H groups in total. The summed E-state index contributed by atoms with van der Waals surface area (Å²) in [4.78, 5) is 60.1. The lowest BCUT2D eigenvalue weighted by Crippen LogP contribution is -2.53. The van der Waals surface area contributed by atoms with E-state index in [1.807, 2.05) is 0 Å². The van der Waals surface area contributed by atoms with Gasteiger partial charge in [-0.2, -0.15) is 4.99 Å². The van der Waals surface area contributed by atoms with Crippen molar-refractivity contribution < 1.29 is 53.5 Å². The van der Waals surface area contributed by atoms with Crippen LogP contribution in [0.15, 0.2) is 23.2 Å². The molecule has 0 aliphatic carbocycles. The summed E-state index contributed by atoms with van der Waals surface area (Å²) in [6.45, 7) is 0.718. The minimum Gasteiger partial charge on any atom is -0.481 e. The number of halogens is 1. The van der Waals surface area contributed by atoms with Gasteiger partial charge in [0.25, 0.3) is 0 Å². The minimum atomic E-state index is -1.40. The van der Waals surface area contributed by atoms with Crippen LogP contribution in [-0.2, 0) is 33.4 Å². The van der Waals surface area contributed by atoms with E-state index in [-0.39, 0.29) is 16.5 Å². The summed E-state index contributed by atoms with van der Waals surface area (Å²) in [5.41, 5.74) is 0.127. The molecule has 0 amide bonds. The van der Waals surface area contributed by atoms with Crippen molar-refractivity contribution in [3.63, 3.8) is 0 Å². The Balaban J connectivity index is 2.52. The fraction of sp³-hybridized carbons (Fsp3) is 0.476. The maximum absolute atomic E-state index is 11.6. The first-order valence-electron chi connectivity index (χ1n) is 10.00. The summed E-state index contributed by atoms with van der Waals surface area (Å²) in [6.07, 6.45) is -2.92. The first-order valence-corrected chi connectivity index (χ1v) is 10.4. The first-order chi connectivity index (χ1) is 16.0. The summed E-state index contributed by atoms with van der Waals surface area (Å²) < 4.78 is 16.6. The summed E-state index contributed by atoms with van der Waals surface area (Å²) in [6, 6.07) is 4.03. The molecule has 2 rings (SSSR count). The molecule has 1 aromatic carbocycles. The predicted molar refractivity (Wildman–Crippen MR) is 112 cm³/mol. The number of ether oxygens (including phenoxy) is 3.